The molecule has 3 aromatic rings. The third kappa shape index (κ3) is 5.89. The summed E-state index contributed by atoms with van der Waals surface area (Å²) in [5, 5.41) is 13.2. The van der Waals surface area contributed by atoms with Gasteiger partial charge in [-0.05, 0) is 13.0 Å². The summed E-state index contributed by atoms with van der Waals surface area (Å²) in [7, 11) is 0. The van der Waals surface area contributed by atoms with E-state index in [9.17, 15) is 19.7 Å². The molecule has 0 aliphatic carbocycles. The third-order valence-corrected chi connectivity index (χ3v) is 4.57. The van der Waals surface area contributed by atoms with Crippen molar-refractivity contribution in [2.75, 3.05) is 5.32 Å². The number of hydrogen-bond acceptors (Lipinski definition) is 7. The molecule has 0 bridgehead atoms. The number of anilines is 1. The summed E-state index contributed by atoms with van der Waals surface area (Å²) in [6.45, 7) is 1.41. The molecule has 0 radical (unpaired) electrons. The number of amides is 1. The first-order valence-electron chi connectivity index (χ1n) is 9.28. The minimum atomic E-state index is -1.09. The van der Waals surface area contributed by atoms with Gasteiger partial charge in [-0.1, -0.05) is 41.9 Å². The van der Waals surface area contributed by atoms with E-state index in [4.69, 9.17) is 20.8 Å². The van der Waals surface area contributed by atoms with Crippen LogP contribution in [0.2, 0.25) is 5.02 Å². The van der Waals surface area contributed by atoms with Crippen molar-refractivity contribution in [1.82, 2.24) is 4.98 Å². The smallest absolute Gasteiger partial charge is 0.307 e. The van der Waals surface area contributed by atoms with E-state index in [-0.39, 0.29) is 29.2 Å². The van der Waals surface area contributed by atoms with Crippen molar-refractivity contribution in [3.63, 3.8) is 0 Å². The fourth-order valence-corrected chi connectivity index (χ4v) is 2.86. The lowest BCUT2D eigenvalue weighted by atomic mass is 10.2. The Hall–Kier alpha value is -3.72. The van der Waals surface area contributed by atoms with Crippen molar-refractivity contribution in [1.29, 1.82) is 0 Å². The van der Waals surface area contributed by atoms with Gasteiger partial charge in [-0.2, -0.15) is 0 Å². The molecule has 0 aliphatic heterocycles. The van der Waals surface area contributed by atoms with Gasteiger partial charge in [-0.3, -0.25) is 19.7 Å². The minimum Gasteiger partial charge on any atom is -0.453 e. The van der Waals surface area contributed by atoms with Crippen LogP contribution in [0.1, 0.15) is 19.2 Å². The molecule has 31 heavy (non-hydrogen) atoms. The average molecular weight is 444 g/mol. The maximum atomic E-state index is 12.2. The predicted octanol–water partition coefficient (Wildman–Crippen LogP) is 4.41. The number of hydrogen-bond donors (Lipinski definition) is 1. The standard InChI is InChI=1S/C21H18ClN3O6/c1-13(21(27)24-17-8-7-15(25(28)29)11-16(17)22)30-20(26)10-9-19-23-12-18(31-19)14-5-3-2-4-6-14/h2-8,11-13H,9-10H2,1H3,(H,24,27). The van der Waals surface area contributed by atoms with Gasteiger partial charge in [-0.25, -0.2) is 4.98 Å². The van der Waals surface area contributed by atoms with Crippen molar-refractivity contribution >= 4 is 34.9 Å². The molecule has 1 amide bonds. The lowest BCUT2D eigenvalue weighted by Gasteiger charge is -2.14. The van der Waals surface area contributed by atoms with Gasteiger partial charge in [0.05, 0.1) is 28.3 Å². The Morgan fingerprint density at radius 1 is 1.26 bits per heavy atom. The van der Waals surface area contributed by atoms with Gasteiger partial charge < -0.3 is 14.5 Å². The molecule has 0 saturated heterocycles. The first-order valence-corrected chi connectivity index (χ1v) is 9.65. The Morgan fingerprint density at radius 3 is 2.68 bits per heavy atom. The average Bonchev–Trinajstić information content (AvgIpc) is 3.23. The highest BCUT2D eigenvalue weighted by atomic mass is 35.5. The number of halogens is 1. The summed E-state index contributed by atoms with van der Waals surface area (Å²) >= 11 is 5.95. The van der Waals surface area contributed by atoms with Crippen LogP contribution in [0.25, 0.3) is 11.3 Å². The second kappa shape index (κ2) is 9.86. The molecule has 1 heterocycles. The van der Waals surface area contributed by atoms with Crippen LogP contribution in [0.4, 0.5) is 11.4 Å². The highest BCUT2D eigenvalue weighted by molar-refractivity contribution is 6.34. The first kappa shape index (κ1) is 22.0. The SMILES string of the molecule is CC(OC(=O)CCc1ncc(-c2ccccc2)o1)C(=O)Nc1ccc([N+](=O)[O-])cc1Cl. The summed E-state index contributed by atoms with van der Waals surface area (Å²) in [6.07, 6.45) is 0.682. The molecule has 10 heteroatoms. The van der Waals surface area contributed by atoms with Gasteiger partial charge in [0, 0.05) is 24.1 Å². The Balaban J connectivity index is 1.49. The number of nitrogens with one attached hydrogen (secondary N) is 1. The number of ether oxygens (including phenoxy) is 1. The number of aromatic nitrogens is 1. The van der Waals surface area contributed by atoms with E-state index < -0.39 is 22.9 Å². The molecule has 160 valence electrons. The summed E-state index contributed by atoms with van der Waals surface area (Å²) in [5.41, 5.74) is 0.844. The fraction of sp³-hybridized carbons (Fsp3) is 0.190. The van der Waals surface area contributed by atoms with Crippen molar-refractivity contribution < 1.29 is 23.7 Å². The van der Waals surface area contributed by atoms with Gasteiger partial charge in [0.1, 0.15) is 0 Å². The fourth-order valence-electron chi connectivity index (χ4n) is 2.63. The number of esters is 1. The number of oxazole rings is 1. The maximum Gasteiger partial charge on any atom is 0.307 e. The number of nitrogens with zero attached hydrogens (tertiary/aromatic N) is 2. The maximum absolute atomic E-state index is 12.2. The molecule has 0 aliphatic rings. The highest BCUT2D eigenvalue weighted by Crippen LogP contribution is 2.27. The van der Waals surface area contributed by atoms with E-state index in [1.165, 1.54) is 19.1 Å². The Bertz CT molecular complexity index is 1100. The molecule has 3 rings (SSSR count). The molecular weight excluding hydrogens is 426 g/mol. The van der Waals surface area contributed by atoms with Crippen molar-refractivity contribution in [2.45, 2.75) is 25.9 Å². The molecule has 1 atom stereocenters. The van der Waals surface area contributed by atoms with Gasteiger partial charge in [0.2, 0.25) is 0 Å². The van der Waals surface area contributed by atoms with E-state index in [1.54, 1.807) is 6.20 Å². The first-order chi connectivity index (χ1) is 14.8. The minimum absolute atomic E-state index is 0.000749. The molecule has 0 saturated carbocycles. The normalized spacial score (nSPS) is 11.5. The topological polar surface area (TPSA) is 125 Å². The van der Waals surface area contributed by atoms with E-state index in [1.807, 2.05) is 30.3 Å². The molecular formula is C21H18ClN3O6. The zero-order valence-electron chi connectivity index (χ0n) is 16.4. The number of nitro benzene ring substituents is 1. The summed E-state index contributed by atoms with van der Waals surface area (Å²) in [4.78, 5) is 38.6. The van der Waals surface area contributed by atoms with Crippen LogP contribution in [0.3, 0.4) is 0 Å². The second-order valence-electron chi connectivity index (χ2n) is 6.53. The van der Waals surface area contributed by atoms with Crippen molar-refractivity contribution in [2.24, 2.45) is 0 Å². The number of benzene rings is 2. The summed E-state index contributed by atoms with van der Waals surface area (Å²) in [6, 6.07) is 13.1. The van der Waals surface area contributed by atoms with Crippen molar-refractivity contribution in [3.05, 3.63) is 75.8 Å². The number of carbonyl (C=O) groups is 2. The molecule has 1 unspecified atom stereocenters. The zero-order chi connectivity index (χ0) is 22.4. The van der Waals surface area contributed by atoms with Crippen LogP contribution in [-0.2, 0) is 20.7 Å². The molecule has 9 nitrogen and oxygen atoms in total. The van der Waals surface area contributed by atoms with Crippen molar-refractivity contribution in [3.8, 4) is 11.3 Å². The van der Waals surface area contributed by atoms with Crippen LogP contribution >= 0.6 is 11.6 Å². The number of carbonyl (C=O) groups excluding carboxylic acids is 2. The van der Waals surface area contributed by atoms with Gasteiger partial charge in [-0.15, -0.1) is 0 Å². The van der Waals surface area contributed by atoms with Crippen LogP contribution < -0.4 is 5.32 Å². The van der Waals surface area contributed by atoms with E-state index in [2.05, 4.69) is 10.3 Å². The van der Waals surface area contributed by atoms with Gasteiger partial charge in [0.15, 0.2) is 17.8 Å². The highest BCUT2D eigenvalue weighted by Gasteiger charge is 2.20. The number of aryl methyl sites for hydroxylation is 1. The quantitative estimate of drug-likeness (QED) is 0.310. The Morgan fingerprint density at radius 2 is 2.00 bits per heavy atom. The molecule has 0 fully saturated rings. The Kier molecular flexibility index (Phi) is 6.99. The van der Waals surface area contributed by atoms with Crippen LogP contribution in [0.5, 0.6) is 0 Å². The third-order valence-electron chi connectivity index (χ3n) is 4.25. The number of nitro groups is 1. The second-order valence-corrected chi connectivity index (χ2v) is 6.93. The number of non-ortho nitro benzene ring substituents is 1. The largest absolute Gasteiger partial charge is 0.453 e. The summed E-state index contributed by atoms with van der Waals surface area (Å²) < 4.78 is 10.8. The zero-order valence-corrected chi connectivity index (χ0v) is 17.2. The monoisotopic (exact) mass is 443 g/mol. The molecule has 1 aromatic heterocycles. The lowest BCUT2D eigenvalue weighted by Crippen LogP contribution is -2.30. The molecule has 2 aromatic carbocycles. The van der Waals surface area contributed by atoms with E-state index >= 15 is 0 Å². The van der Waals surface area contributed by atoms with Gasteiger partial charge >= 0.3 is 5.97 Å². The molecule has 0 spiro atoms. The predicted molar refractivity (Wildman–Crippen MR) is 113 cm³/mol. The summed E-state index contributed by atoms with van der Waals surface area (Å²) in [5.74, 6) is -0.245. The van der Waals surface area contributed by atoms with E-state index in [0.717, 1.165) is 11.6 Å². The van der Waals surface area contributed by atoms with Gasteiger partial charge in [0.25, 0.3) is 11.6 Å². The lowest BCUT2D eigenvalue weighted by molar-refractivity contribution is -0.384. The van der Waals surface area contributed by atoms with E-state index in [0.29, 0.717) is 11.7 Å². The Labute approximate surface area is 182 Å². The van der Waals surface area contributed by atoms with Crippen LogP contribution in [0, 0.1) is 10.1 Å². The molecule has 1 N–H and O–H groups in total. The van der Waals surface area contributed by atoms with Crippen LogP contribution in [-0.4, -0.2) is 27.9 Å². The van der Waals surface area contributed by atoms with Crippen LogP contribution in [0.15, 0.2) is 59.1 Å². The number of rotatable bonds is 8.